The molecule has 1 aromatic carbocycles. The van der Waals surface area contributed by atoms with Gasteiger partial charge in [-0.2, -0.15) is 5.10 Å². The quantitative estimate of drug-likeness (QED) is 0.760. The molecule has 1 aliphatic heterocycles. The van der Waals surface area contributed by atoms with Crippen molar-refractivity contribution >= 4 is 5.91 Å². The highest BCUT2D eigenvalue weighted by molar-refractivity contribution is 5.78. The zero-order valence-electron chi connectivity index (χ0n) is 13.7. The Labute approximate surface area is 141 Å². The summed E-state index contributed by atoms with van der Waals surface area (Å²) < 4.78 is 13.4. The number of nitrogens with zero attached hydrogens (tertiary/aromatic N) is 3. The number of nitrogens with one attached hydrogen (secondary N) is 1. The number of likely N-dealkylation sites (N-methyl/N-ethyl adjacent to an activating group) is 1. The molecule has 1 aliphatic rings. The van der Waals surface area contributed by atoms with Crippen LogP contribution in [0, 0.1) is 0 Å². The Morgan fingerprint density at radius 2 is 2.21 bits per heavy atom. The molecule has 0 fully saturated rings. The van der Waals surface area contributed by atoms with Gasteiger partial charge in [-0.25, -0.2) is 0 Å². The minimum atomic E-state index is -0.155. The number of carbonyl (C=O) groups is 1. The normalized spacial score (nSPS) is 16.0. The van der Waals surface area contributed by atoms with E-state index in [1.165, 1.54) is 0 Å². The van der Waals surface area contributed by atoms with Gasteiger partial charge in [0.1, 0.15) is 6.61 Å². The van der Waals surface area contributed by atoms with E-state index in [0.29, 0.717) is 26.2 Å². The van der Waals surface area contributed by atoms with Crippen LogP contribution in [0.15, 0.2) is 42.7 Å². The summed E-state index contributed by atoms with van der Waals surface area (Å²) in [5.74, 6) is 1.51. The maximum absolute atomic E-state index is 12.2. The lowest BCUT2D eigenvalue weighted by Crippen LogP contribution is -2.44. The average molecular weight is 330 g/mol. The average Bonchev–Trinajstić information content (AvgIpc) is 3.12. The van der Waals surface area contributed by atoms with Gasteiger partial charge in [-0.15, -0.1) is 0 Å². The summed E-state index contributed by atoms with van der Waals surface area (Å²) in [7, 11) is 1.78. The van der Waals surface area contributed by atoms with E-state index < -0.39 is 0 Å². The molecule has 0 saturated carbocycles. The van der Waals surface area contributed by atoms with Crippen molar-refractivity contribution in [2.45, 2.75) is 12.6 Å². The van der Waals surface area contributed by atoms with Crippen molar-refractivity contribution in [2.24, 2.45) is 0 Å². The van der Waals surface area contributed by atoms with Crippen LogP contribution in [0.4, 0.5) is 0 Å². The molecule has 0 bridgehead atoms. The highest BCUT2D eigenvalue weighted by Crippen LogP contribution is 2.30. The molecule has 24 heavy (non-hydrogen) atoms. The molecular weight excluding hydrogens is 308 g/mol. The van der Waals surface area contributed by atoms with E-state index in [-0.39, 0.29) is 12.0 Å². The second-order valence-electron chi connectivity index (χ2n) is 5.72. The number of hydrogen-bond donors (Lipinski definition) is 1. The summed E-state index contributed by atoms with van der Waals surface area (Å²) in [4.78, 5) is 13.8. The third-order valence-corrected chi connectivity index (χ3v) is 3.82. The number of fused-ring (bicyclic) bond motifs is 1. The number of aromatic nitrogens is 2. The molecule has 1 amide bonds. The number of hydrogen-bond acceptors (Lipinski definition) is 5. The highest BCUT2D eigenvalue weighted by atomic mass is 16.6. The Morgan fingerprint density at radius 3 is 3.00 bits per heavy atom. The Bertz CT molecular complexity index is 660. The zero-order valence-corrected chi connectivity index (χ0v) is 13.7. The molecule has 0 radical (unpaired) electrons. The van der Waals surface area contributed by atoms with Crippen LogP contribution in [0.25, 0.3) is 0 Å². The van der Waals surface area contributed by atoms with E-state index in [0.717, 1.165) is 18.0 Å². The zero-order chi connectivity index (χ0) is 16.8. The standard InChI is InChI=1S/C17H22N4O3/c1-20(17(22)11-18-8-10-21-9-4-7-19-21)12-14-13-23-15-5-2-3-6-16(15)24-14/h2-7,9,14,18H,8,10-13H2,1H3/t14-/m1/s1. The summed E-state index contributed by atoms with van der Waals surface area (Å²) >= 11 is 0. The van der Waals surface area contributed by atoms with E-state index in [1.54, 1.807) is 18.1 Å². The molecule has 2 aromatic rings. The van der Waals surface area contributed by atoms with E-state index in [1.807, 2.05) is 41.2 Å². The van der Waals surface area contributed by atoms with Gasteiger partial charge in [0, 0.05) is 26.0 Å². The monoisotopic (exact) mass is 330 g/mol. The van der Waals surface area contributed by atoms with Crippen LogP contribution in [0.1, 0.15) is 0 Å². The highest BCUT2D eigenvalue weighted by Gasteiger charge is 2.23. The summed E-state index contributed by atoms with van der Waals surface area (Å²) in [6.45, 7) is 2.66. The molecule has 7 nitrogen and oxygen atoms in total. The van der Waals surface area contributed by atoms with E-state index in [4.69, 9.17) is 9.47 Å². The van der Waals surface area contributed by atoms with Crippen molar-refractivity contribution in [2.75, 3.05) is 33.3 Å². The molecule has 7 heteroatoms. The van der Waals surface area contributed by atoms with Crippen molar-refractivity contribution in [3.63, 3.8) is 0 Å². The summed E-state index contributed by atoms with van der Waals surface area (Å²) in [5.41, 5.74) is 0. The van der Waals surface area contributed by atoms with Gasteiger partial charge < -0.3 is 19.7 Å². The number of carbonyl (C=O) groups excluding carboxylic acids is 1. The van der Waals surface area contributed by atoms with Crippen molar-refractivity contribution in [3.8, 4) is 11.5 Å². The van der Waals surface area contributed by atoms with Gasteiger partial charge in [-0.1, -0.05) is 12.1 Å². The third-order valence-electron chi connectivity index (χ3n) is 3.82. The third kappa shape index (κ3) is 4.26. The molecule has 3 rings (SSSR count). The van der Waals surface area contributed by atoms with Gasteiger partial charge in [0.25, 0.3) is 0 Å². The number of benzene rings is 1. The van der Waals surface area contributed by atoms with Gasteiger partial charge in [0.15, 0.2) is 17.6 Å². The first-order valence-corrected chi connectivity index (χ1v) is 8.03. The lowest BCUT2D eigenvalue weighted by atomic mass is 10.2. The Kier molecular flexibility index (Phi) is 5.32. The van der Waals surface area contributed by atoms with E-state index in [2.05, 4.69) is 10.4 Å². The topological polar surface area (TPSA) is 68.6 Å². The number of rotatable bonds is 7. The number of ether oxygens (including phenoxy) is 2. The largest absolute Gasteiger partial charge is 0.486 e. The Morgan fingerprint density at radius 1 is 1.38 bits per heavy atom. The molecule has 2 heterocycles. The molecule has 1 N–H and O–H groups in total. The smallest absolute Gasteiger partial charge is 0.236 e. The van der Waals surface area contributed by atoms with E-state index >= 15 is 0 Å². The minimum Gasteiger partial charge on any atom is -0.486 e. The van der Waals surface area contributed by atoms with Crippen molar-refractivity contribution in [1.29, 1.82) is 0 Å². The maximum atomic E-state index is 12.2. The first kappa shape index (κ1) is 16.3. The molecule has 0 unspecified atom stereocenters. The van der Waals surface area contributed by atoms with Crippen LogP contribution in [0.5, 0.6) is 11.5 Å². The molecule has 0 spiro atoms. The Hall–Kier alpha value is -2.54. The molecular formula is C17H22N4O3. The van der Waals surface area contributed by atoms with E-state index in [9.17, 15) is 4.79 Å². The molecule has 0 aliphatic carbocycles. The van der Waals surface area contributed by atoms with Crippen LogP contribution < -0.4 is 14.8 Å². The summed E-state index contributed by atoms with van der Waals surface area (Å²) in [6.07, 6.45) is 3.48. The van der Waals surface area contributed by atoms with Crippen LogP contribution >= 0.6 is 0 Å². The fraction of sp³-hybridized carbons (Fsp3) is 0.412. The molecule has 0 saturated heterocycles. The van der Waals surface area contributed by atoms with Gasteiger partial charge >= 0.3 is 0 Å². The molecule has 1 aromatic heterocycles. The summed E-state index contributed by atoms with van der Waals surface area (Å²) in [6, 6.07) is 9.45. The lowest BCUT2D eigenvalue weighted by Gasteiger charge is -2.29. The van der Waals surface area contributed by atoms with Crippen molar-refractivity contribution in [3.05, 3.63) is 42.7 Å². The van der Waals surface area contributed by atoms with Gasteiger partial charge in [-0.05, 0) is 18.2 Å². The Balaban J connectivity index is 1.38. The van der Waals surface area contributed by atoms with Crippen molar-refractivity contribution in [1.82, 2.24) is 20.0 Å². The van der Waals surface area contributed by atoms with Crippen LogP contribution in [-0.4, -0.2) is 60.0 Å². The first-order valence-electron chi connectivity index (χ1n) is 8.03. The van der Waals surface area contributed by atoms with Crippen LogP contribution in [-0.2, 0) is 11.3 Å². The van der Waals surface area contributed by atoms with Crippen LogP contribution in [0.3, 0.4) is 0 Å². The first-order chi connectivity index (χ1) is 11.7. The fourth-order valence-corrected chi connectivity index (χ4v) is 2.52. The fourth-order valence-electron chi connectivity index (χ4n) is 2.52. The predicted molar refractivity (Wildman–Crippen MR) is 89.1 cm³/mol. The molecule has 1 atom stereocenters. The van der Waals surface area contributed by atoms with Gasteiger partial charge in [0.05, 0.1) is 19.6 Å². The van der Waals surface area contributed by atoms with Gasteiger partial charge in [-0.3, -0.25) is 9.48 Å². The predicted octanol–water partition coefficient (Wildman–Crippen LogP) is 0.771. The SMILES string of the molecule is CN(C[C@@H]1COc2ccccc2O1)C(=O)CNCCn1cccn1. The number of amides is 1. The summed E-state index contributed by atoms with van der Waals surface area (Å²) in [5, 5.41) is 7.25. The number of para-hydroxylation sites is 2. The molecule has 128 valence electrons. The van der Waals surface area contributed by atoms with Crippen LogP contribution in [0.2, 0.25) is 0 Å². The lowest BCUT2D eigenvalue weighted by molar-refractivity contribution is -0.130. The van der Waals surface area contributed by atoms with Gasteiger partial charge in [0.2, 0.25) is 5.91 Å². The van der Waals surface area contributed by atoms with Crippen molar-refractivity contribution < 1.29 is 14.3 Å². The maximum Gasteiger partial charge on any atom is 0.236 e. The second-order valence-corrected chi connectivity index (χ2v) is 5.72. The minimum absolute atomic E-state index is 0.0259. The second kappa shape index (κ2) is 7.83.